The first-order valence-corrected chi connectivity index (χ1v) is 17.1. The van der Waals surface area contributed by atoms with Crippen LogP contribution in [-0.4, -0.2) is 27.4 Å². The quantitative estimate of drug-likeness (QED) is 0.155. The van der Waals surface area contributed by atoms with Crippen LogP contribution in [0.4, 0.5) is 11.4 Å². The molecule has 18 heteroatoms. The van der Waals surface area contributed by atoms with E-state index in [1.54, 1.807) is 48.5 Å². The highest BCUT2D eigenvalue weighted by Gasteiger charge is 2.38. The third-order valence-corrected chi connectivity index (χ3v) is 9.94. The lowest BCUT2D eigenvalue weighted by molar-refractivity contribution is -0.705. The number of anilines is 2. The van der Waals surface area contributed by atoms with Crippen LogP contribution in [0.3, 0.4) is 0 Å². The molecule has 47 heavy (non-hydrogen) atoms. The van der Waals surface area contributed by atoms with Crippen LogP contribution in [0.15, 0.2) is 126 Å². The fourth-order valence-corrected chi connectivity index (χ4v) is 7.16. The molecule has 0 saturated heterocycles. The standard InChI is InChI=1S/C29H20Cl2N6O8S2/c30-20-5-9-22(10-6-20)32-46(40,41)26-28(38)44-34-36(26)24-13-1-18(2-14-24)17-19-3-15-25(16-4-19)37-27(29(39)45-35-37)47(42,43)33-23-11-7-21(31)8-12-23/h1-16,32-33H,17H2/p+2. The van der Waals surface area contributed by atoms with Crippen LogP contribution in [0, 0.1) is 0 Å². The maximum Gasteiger partial charge on any atom is 0.449 e. The van der Waals surface area contributed by atoms with Gasteiger partial charge in [0.25, 0.3) is 0 Å². The normalized spacial score (nSPS) is 11.8. The van der Waals surface area contributed by atoms with Crippen molar-refractivity contribution in [3.05, 3.63) is 139 Å². The number of halogens is 2. The molecule has 4 aromatic carbocycles. The molecule has 0 aliphatic heterocycles. The SMILES string of the molecule is O=c1o[nH][n+](-c2ccc(Cc3ccc(-[n+]4[nH]oc(=O)c4S(=O)(=O)Nc4ccc(Cl)cc4)cc3)cc2)c1S(=O)(=O)Nc1ccc(Cl)cc1. The molecular weight excluding hydrogens is 695 g/mol. The van der Waals surface area contributed by atoms with Gasteiger partial charge in [-0.1, -0.05) is 47.5 Å². The summed E-state index contributed by atoms with van der Waals surface area (Å²) in [5.41, 5.74) is 0.502. The number of rotatable bonds is 10. The number of H-pyrrole nitrogens is 2. The molecule has 2 aromatic heterocycles. The summed E-state index contributed by atoms with van der Waals surface area (Å²) in [6.45, 7) is 0. The van der Waals surface area contributed by atoms with Crippen LogP contribution < -0.4 is 30.1 Å². The Bertz CT molecular complexity index is 2230. The van der Waals surface area contributed by atoms with Crippen molar-refractivity contribution >= 4 is 54.6 Å². The Morgan fingerprint density at radius 2 is 0.894 bits per heavy atom. The number of aromatic amines is 2. The minimum Gasteiger partial charge on any atom is -0.281 e. The van der Waals surface area contributed by atoms with Crippen molar-refractivity contribution in [2.45, 2.75) is 16.5 Å². The van der Waals surface area contributed by atoms with E-state index in [1.165, 1.54) is 48.5 Å². The summed E-state index contributed by atoms with van der Waals surface area (Å²) in [5, 5.41) is 4.14. The molecule has 0 atom stereocenters. The topological polar surface area (TPSA) is 192 Å². The first-order chi connectivity index (χ1) is 22.4. The number of nitrogens with one attached hydrogen (secondary N) is 4. The van der Waals surface area contributed by atoms with Crippen LogP contribution in [0.5, 0.6) is 0 Å². The highest BCUT2D eigenvalue weighted by atomic mass is 35.5. The van der Waals surface area contributed by atoms with Gasteiger partial charge in [0.05, 0.1) is 0 Å². The molecule has 6 aromatic rings. The van der Waals surface area contributed by atoms with Crippen LogP contribution in [0.2, 0.25) is 10.0 Å². The number of aromatic nitrogens is 4. The van der Waals surface area contributed by atoms with Gasteiger partial charge >= 0.3 is 41.3 Å². The number of benzene rings is 4. The molecular formula is C29H22Cl2N6O8S2+2. The Morgan fingerprint density at radius 3 is 1.23 bits per heavy atom. The fraction of sp³-hybridized carbons (Fsp3) is 0.0345. The van der Waals surface area contributed by atoms with Crippen molar-refractivity contribution in [1.29, 1.82) is 0 Å². The molecule has 0 unspecified atom stereocenters. The molecule has 0 bridgehead atoms. The molecule has 14 nitrogen and oxygen atoms in total. The summed E-state index contributed by atoms with van der Waals surface area (Å²) in [7, 11) is -8.70. The molecule has 0 spiro atoms. The average molecular weight is 718 g/mol. The van der Waals surface area contributed by atoms with Crippen LogP contribution in [-0.2, 0) is 26.5 Å². The monoisotopic (exact) mass is 716 g/mol. The van der Waals surface area contributed by atoms with E-state index in [-0.39, 0.29) is 11.4 Å². The van der Waals surface area contributed by atoms with E-state index < -0.39 is 41.3 Å². The van der Waals surface area contributed by atoms with Crippen LogP contribution >= 0.6 is 23.2 Å². The summed E-state index contributed by atoms with van der Waals surface area (Å²) in [6, 6.07) is 25.2. The van der Waals surface area contributed by atoms with Gasteiger partial charge in [-0.15, -0.1) is 0 Å². The van der Waals surface area contributed by atoms with Crippen molar-refractivity contribution in [1.82, 2.24) is 10.5 Å². The highest BCUT2D eigenvalue weighted by Crippen LogP contribution is 2.19. The van der Waals surface area contributed by atoms with Gasteiger partial charge in [0.2, 0.25) is 11.4 Å². The highest BCUT2D eigenvalue weighted by molar-refractivity contribution is 7.92. The van der Waals surface area contributed by atoms with Gasteiger partial charge in [0, 0.05) is 45.7 Å². The van der Waals surface area contributed by atoms with Crippen molar-refractivity contribution in [3.8, 4) is 11.4 Å². The second-order valence-corrected chi connectivity index (χ2v) is 14.0. The summed E-state index contributed by atoms with van der Waals surface area (Å²) in [4.78, 5) is 24.8. The zero-order chi connectivity index (χ0) is 33.3. The van der Waals surface area contributed by atoms with Gasteiger partial charge < -0.3 is 0 Å². The molecule has 0 aliphatic carbocycles. The van der Waals surface area contributed by atoms with E-state index in [1.807, 2.05) is 0 Å². The van der Waals surface area contributed by atoms with E-state index in [4.69, 9.17) is 32.2 Å². The zero-order valence-electron chi connectivity index (χ0n) is 23.7. The van der Waals surface area contributed by atoms with Crippen LogP contribution in [0.25, 0.3) is 11.4 Å². The smallest absolute Gasteiger partial charge is 0.281 e. The number of hydrogen-bond donors (Lipinski definition) is 4. The fourth-order valence-electron chi connectivity index (χ4n) is 4.53. The molecule has 2 heterocycles. The van der Waals surface area contributed by atoms with Crippen molar-refractivity contribution in [2.75, 3.05) is 9.44 Å². The van der Waals surface area contributed by atoms with E-state index in [2.05, 4.69) is 20.0 Å². The first-order valence-electron chi connectivity index (χ1n) is 13.4. The second-order valence-electron chi connectivity index (χ2n) is 9.98. The molecule has 0 saturated carbocycles. The average Bonchev–Trinajstić information content (AvgIpc) is 3.63. The first kappa shape index (κ1) is 31.8. The van der Waals surface area contributed by atoms with E-state index in [0.29, 0.717) is 27.8 Å². The minimum absolute atomic E-state index is 0.202. The van der Waals surface area contributed by atoms with Gasteiger partial charge in [-0.05, 0) is 86.0 Å². The molecule has 6 rings (SSSR count). The largest absolute Gasteiger partial charge is 0.449 e. The van der Waals surface area contributed by atoms with E-state index >= 15 is 0 Å². The Hall–Kier alpha value is -5.16. The molecule has 4 N–H and O–H groups in total. The van der Waals surface area contributed by atoms with Gasteiger partial charge in [-0.3, -0.25) is 18.5 Å². The second kappa shape index (κ2) is 12.6. The van der Waals surface area contributed by atoms with E-state index in [9.17, 15) is 26.4 Å². The lowest BCUT2D eigenvalue weighted by Gasteiger charge is -2.05. The molecule has 0 radical (unpaired) electrons. The van der Waals surface area contributed by atoms with Gasteiger partial charge in [0.15, 0.2) is 0 Å². The predicted molar refractivity (Wildman–Crippen MR) is 169 cm³/mol. The summed E-state index contributed by atoms with van der Waals surface area (Å²) in [5.74, 6) is 0. The van der Waals surface area contributed by atoms with Gasteiger partial charge in [-0.25, -0.2) is 9.59 Å². The minimum atomic E-state index is -4.35. The summed E-state index contributed by atoms with van der Waals surface area (Å²) < 4.78 is 68.5. The lowest BCUT2D eigenvalue weighted by atomic mass is 10.0. The number of sulfonamides is 2. The molecule has 0 aliphatic rings. The third-order valence-electron chi connectivity index (χ3n) is 6.71. The Balaban J connectivity index is 1.19. The molecule has 0 fully saturated rings. The predicted octanol–water partition coefficient (Wildman–Crippen LogP) is 3.30. The van der Waals surface area contributed by atoms with Gasteiger partial charge in [0.1, 0.15) is 0 Å². The molecule has 0 amide bonds. The third kappa shape index (κ3) is 6.85. The Kier molecular flexibility index (Phi) is 8.50. The van der Waals surface area contributed by atoms with Gasteiger partial charge in [-0.2, -0.15) is 16.8 Å². The maximum absolute atomic E-state index is 13.1. The summed E-state index contributed by atoms with van der Waals surface area (Å²) in [6.07, 6.45) is 0.437. The maximum atomic E-state index is 13.1. The molecule has 240 valence electrons. The lowest BCUT2D eigenvalue weighted by Crippen LogP contribution is -2.42. The summed E-state index contributed by atoms with van der Waals surface area (Å²) >= 11 is 11.7. The van der Waals surface area contributed by atoms with Crippen molar-refractivity contribution in [2.24, 2.45) is 0 Å². The number of nitrogens with zero attached hydrogens (tertiary/aromatic N) is 2. The Labute approximate surface area is 275 Å². The number of hydrogen-bond acceptors (Lipinski definition) is 8. The van der Waals surface area contributed by atoms with E-state index in [0.717, 1.165) is 20.5 Å². The van der Waals surface area contributed by atoms with Crippen LogP contribution in [0.1, 0.15) is 11.1 Å². The van der Waals surface area contributed by atoms with Crippen molar-refractivity contribution < 1.29 is 35.2 Å². The Morgan fingerprint density at radius 1 is 0.553 bits per heavy atom. The van der Waals surface area contributed by atoms with Crippen molar-refractivity contribution in [3.63, 3.8) is 0 Å². The zero-order valence-corrected chi connectivity index (χ0v) is 26.8.